The molecule has 174 valence electrons. The Morgan fingerprint density at radius 1 is 1.06 bits per heavy atom. The molecule has 0 aliphatic carbocycles. The second-order valence-corrected chi connectivity index (χ2v) is 9.59. The highest BCUT2D eigenvalue weighted by Crippen LogP contribution is 2.39. The van der Waals surface area contributed by atoms with E-state index in [-0.39, 0.29) is 5.91 Å². The molecular formula is C25H19Cl3N2O3S. The van der Waals surface area contributed by atoms with Crippen molar-refractivity contribution < 1.29 is 14.3 Å². The third kappa shape index (κ3) is 5.70. The first-order chi connectivity index (χ1) is 16.3. The number of thioether (sulfide) groups is 1. The fourth-order valence-electron chi connectivity index (χ4n) is 3.12. The third-order valence-corrected chi connectivity index (χ3v) is 6.86. The summed E-state index contributed by atoms with van der Waals surface area (Å²) in [7, 11) is 1.54. The number of carbonyl (C=O) groups is 1. The van der Waals surface area contributed by atoms with Crippen molar-refractivity contribution in [1.82, 2.24) is 5.32 Å². The van der Waals surface area contributed by atoms with Gasteiger partial charge in [-0.05, 0) is 60.2 Å². The standard InChI is InChI=1S/C25H19Cl3N2O3S/c1-14-6-8-15(9-7-14)13-33-23-18(27)10-16(11-20(23)32-2)12-21-24(31)30-25(34-21)29-19-5-3-4-17(26)22(19)28/h3-12H,13H2,1-2H3,(H,29,30,31)/b21-12+. The third-order valence-electron chi connectivity index (χ3n) is 4.86. The molecule has 1 aliphatic rings. The molecule has 0 saturated carbocycles. The van der Waals surface area contributed by atoms with Crippen LogP contribution in [0.3, 0.4) is 0 Å². The van der Waals surface area contributed by atoms with Crippen LogP contribution in [0.25, 0.3) is 6.08 Å². The molecule has 3 aromatic carbocycles. The quantitative estimate of drug-likeness (QED) is 0.335. The lowest BCUT2D eigenvalue weighted by Crippen LogP contribution is -2.19. The zero-order valence-electron chi connectivity index (χ0n) is 18.2. The van der Waals surface area contributed by atoms with E-state index < -0.39 is 0 Å². The van der Waals surface area contributed by atoms with Crippen LogP contribution >= 0.6 is 46.6 Å². The fourth-order valence-corrected chi connectivity index (χ4v) is 4.57. The van der Waals surface area contributed by atoms with Crippen molar-refractivity contribution in [2.75, 3.05) is 7.11 Å². The maximum Gasteiger partial charge on any atom is 0.264 e. The Balaban J connectivity index is 1.54. The zero-order valence-corrected chi connectivity index (χ0v) is 21.3. The van der Waals surface area contributed by atoms with Gasteiger partial charge in [0.2, 0.25) is 0 Å². The molecule has 34 heavy (non-hydrogen) atoms. The minimum Gasteiger partial charge on any atom is -0.493 e. The molecule has 1 aliphatic heterocycles. The molecule has 1 amide bonds. The number of ether oxygens (including phenoxy) is 2. The number of amides is 1. The molecule has 0 unspecified atom stereocenters. The number of benzene rings is 3. The van der Waals surface area contributed by atoms with E-state index in [1.807, 2.05) is 31.2 Å². The number of methoxy groups -OCH3 is 1. The molecule has 0 spiro atoms. The van der Waals surface area contributed by atoms with E-state index in [0.717, 1.165) is 5.56 Å². The Kier molecular flexibility index (Phi) is 7.73. The Labute approximate surface area is 216 Å². The SMILES string of the molecule is COc1cc(/C=C2/SC(=Nc3cccc(Cl)c3Cl)NC2=O)cc(Cl)c1OCc1ccc(C)cc1. The lowest BCUT2D eigenvalue weighted by Gasteiger charge is -2.13. The first kappa shape index (κ1) is 24.5. The Bertz CT molecular complexity index is 1310. The van der Waals surface area contributed by atoms with Gasteiger partial charge in [-0.2, -0.15) is 0 Å². The largest absolute Gasteiger partial charge is 0.493 e. The normalized spacial score (nSPS) is 15.6. The molecule has 1 fully saturated rings. The Morgan fingerprint density at radius 2 is 1.82 bits per heavy atom. The van der Waals surface area contributed by atoms with Gasteiger partial charge in [-0.3, -0.25) is 4.79 Å². The van der Waals surface area contributed by atoms with E-state index in [1.165, 1.54) is 24.4 Å². The van der Waals surface area contributed by atoms with Gasteiger partial charge in [-0.15, -0.1) is 0 Å². The van der Waals surface area contributed by atoms with Crippen molar-refractivity contribution in [3.63, 3.8) is 0 Å². The average molecular weight is 534 g/mol. The highest BCUT2D eigenvalue weighted by Gasteiger charge is 2.24. The van der Waals surface area contributed by atoms with Gasteiger partial charge in [-0.25, -0.2) is 4.99 Å². The van der Waals surface area contributed by atoms with Crippen LogP contribution in [0.15, 0.2) is 64.5 Å². The molecule has 4 rings (SSSR count). The lowest BCUT2D eigenvalue weighted by molar-refractivity contribution is -0.115. The van der Waals surface area contributed by atoms with Crippen molar-refractivity contribution in [2.24, 2.45) is 4.99 Å². The van der Waals surface area contributed by atoms with Gasteiger partial charge in [0.15, 0.2) is 16.7 Å². The molecule has 1 saturated heterocycles. The number of amidine groups is 1. The minimum atomic E-state index is -0.281. The second kappa shape index (κ2) is 10.7. The summed E-state index contributed by atoms with van der Waals surface area (Å²) >= 11 is 19.9. The number of aliphatic imine (C=N–C) groups is 1. The molecule has 1 N–H and O–H groups in total. The molecule has 0 radical (unpaired) electrons. The van der Waals surface area contributed by atoms with E-state index in [9.17, 15) is 4.79 Å². The number of rotatable bonds is 6. The molecule has 5 nitrogen and oxygen atoms in total. The summed E-state index contributed by atoms with van der Waals surface area (Å²) in [6, 6.07) is 16.7. The predicted molar refractivity (Wildman–Crippen MR) is 141 cm³/mol. The topological polar surface area (TPSA) is 59.9 Å². The van der Waals surface area contributed by atoms with Crippen LogP contribution in [0.4, 0.5) is 5.69 Å². The number of nitrogens with one attached hydrogen (secondary N) is 1. The van der Waals surface area contributed by atoms with Crippen LogP contribution in [0.1, 0.15) is 16.7 Å². The molecular weight excluding hydrogens is 515 g/mol. The number of hydrogen-bond donors (Lipinski definition) is 1. The molecule has 1 heterocycles. The van der Waals surface area contributed by atoms with Gasteiger partial charge in [0.1, 0.15) is 6.61 Å². The summed E-state index contributed by atoms with van der Waals surface area (Å²) in [6.07, 6.45) is 1.71. The average Bonchev–Trinajstić information content (AvgIpc) is 3.15. The molecule has 9 heteroatoms. The lowest BCUT2D eigenvalue weighted by atomic mass is 10.1. The van der Waals surface area contributed by atoms with Crippen molar-refractivity contribution in [3.05, 3.63) is 91.3 Å². The van der Waals surface area contributed by atoms with Gasteiger partial charge in [0.05, 0.1) is 32.8 Å². The number of halogens is 3. The smallest absolute Gasteiger partial charge is 0.264 e. The van der Waals surface area contributed by atoms with Gasteiger partial charge >= 0.3 is 0 Å². The van der Waals surface area contributed by atoms with Crippen LogP contribution < -0.4 is 14.8 Å². The first-order valence-electron chi connectivity index (χ1n) is 10.1. The van der Waals surface area contributed by atoms with Gasteiger partial charge in [0, 0.05) is 0 Å². The second-order valence-electron chi connectivity index (χ2n) is 7.36. The van der Waals surface area contributed by atoms with Crippen LogP contribution in [0, 0.1) is 6.92 Å². The zero-order chi connectivity index (χ0) is 24.2. The van der Waals surface area contributed by atoms with E-state index in [2.05, 4.69) is 10.3 Å². The van der Waals surface area contributed by atoms with Crippen molar-refractivity contribution in [3.8, 4) is 11.5 Å². The van der Waals surface area contributed by atoms with Crippen molar-refractivity contribution in [1.29, 1.82) is 0 Å². The maximum absolute atomic E-state index is 12.5. The first-order valence-corrected chi connectivity index (χ1v) is 12.1. The van der Waals surface area contributed by atoms with Gasteiger partial charge in [0.25, 0.3) is 5.91 Å². The summed E-state index contributed by atoms with van der Waals surface area (Å²) < 4.78 is 11.4. The maximum atomic E-state index is 12.5. The Hall–Kier alpha value is -2.64. The highest BCUT2D eigenvalue weighted by molar-refractivity contribution is 8.18. The predicted octanol–water partition coefficient (Wildman–Crippen LogP) is 7.43. The highest BCUT2D eigenvalue weighted by atomic mass is 35.5. The molecule has 0 atom stereocenters. The van der Waals surface area contributed by atoms with Crippen molar-refractivity contribution in [2.45, 2.75) is 13.5 Å². The van der Waals surface area contributed by atoms with Crippen LogP contribution in [0.5, 0.6) is 11.5 Å². The number of carbonyl (C=O) groups excluding carboxylic acids is 1. The summed E-state index contributed by atoms with van der Waals surface area (Å²) in [5.41, 5.74) is 3.34. The van der Waals surface area contributed by atoms with E-state index in [0.29, 0.717) is 54.5 Å². The number of aryl methyl sites for hydroxylation is 1. The number of nitrogens with zero attached hydrogens (tertiary/aromatic N) is 1. The van der Waals surface area contributed by atoms with Gasteiger partial charge < -0.3 is 14.8 Å². The van der Waals surface area contributed by atoms with Crippen LogP contribution in [0.2, 0.25) is 15.1 Å². The fraction of sp³-hybridized carbons (Fsp3) is 0.120. The number of hydrogen-bond acceptors (Lipinski definition) is 5. The van der Waals surface area contributed by atoms with E-state index in [1.54, 1.807) is 36.4 Å². The van der Waals surface area contributed by atoms with Gasteiger partial charge in [-0.1, -0.05) is 70.7 Å². The van der Waals surface area contributed by atoms with Crippen LogP contribution in [-0.2, 0) is 11.4 Å². The summed E-state index contributed by atoms with van der Waals surface area (Å²) in [5, 5.41) is 4.22. The monoisotopic (exact) mass is 532 g/mol. The summed E-state index contributed by atoms with van der Waals surface area (Å²) in [5.74, 6) is 0.624. The van der Waals surface area contributed by atoms with E-state index in [4.69, 9.17) is 44.3 Å². The van der Waals surface area contributed by atoms with E-state index >= 15 is 0 Å². The van der Waals surface area contributed by atoms with Crippen LogP contribution in [-0.4, -0.2) is 18.2 Å². The molecule has 3 aromatic rings. The molecule has 0 bridgehead atoms. The summed E-state index contributed by atoms with van der Waals surface area (Å²) in [6.45, 7) is 2.38. The summed E-state index contributed by atoms with van der Waals surface area (Å²) in [4.78, 5) is 17.3. The Morgan fingerprint density at radius 3 is 2.56 bits per heavy atom. The van der Waals surface area contributed by atoms with Crippen molar-refractivity contribution >= 4 is 69.4 Å². The molecule has 0 aromatic heterocycles. The minimum absolute atomic E-state index is 0.281.